The Morgan fingerprint density at radius 2 is 2.06 bits per heavy atom. The van der Waals surface area contributed by atoms with Crippen molar-refractivity contribution in [3.63, 3.8) is 0 Å². The van der Waals surface area contributed by atoms with E-state index in [1.807, 2.05) is 0 Å². The van der Waals surface area contributed by atoms with Crippen molar-refractivity contribution in [1.29, 1.82) is 0 Å². The van der Waals surface area contributed by atoms with Crippen molar-refractivity contribution < 1.29 is 4.74 Å². The van der Waals surface area contributed by atoms with Crippen LogP contribution < -0.4 is 5.32 Å². The molecule has 16 heavy (non-hydrogen) atoms. The summed E-state index contributed by atoms with van der Waals surface area (Å²) in [6.07, 6.45) is 3.16. The average molecular weight is 226 g/mol. The van der Waals surface area contributed by atoms with Gasteiger partial charge >= 0.3 is 0 Å². The van der Waals surface area contributed by atoms with Gasteiger partial charge in [-0.3, -0.25) is 4.90 Å². The smallest absolute Gasteiger partial charge is 0.0725 e. The first-order valence-electron chi connectivity index (χ1n) is 6.80. The van der Waals surface area contributed by atoms with E-state index >= 15 is 0 Å². The van der Waals surface area contributed by atoms with Crippen LogP contribution in [0.15, 0.2) is 0 Å². The third-order valence-corrected chi connectivity index (χ3v) is 3.90. The van der Waals surface area contributed by atoms with Crippen molar-refractivity contribution in [2.24, 2.45) is 11.8 Å². The van der Waals surface area contributed by atoms with Gasteiger partial charge in [0.2, 0.25) is 0 Å². The maximum Gasteiger partial charge on any atom is 0.0725 e. The zero-order chi connectivity index (χ0) is 11.4. The Morgan fingerprint density at radius 1 is 1.31 bits per heavy atom. The van der Waals surface area contributed by atoms with Gasteiger partial charge in [0.25, 0.3) is 0 Å². The van der Waals surface area contributed by atoms with Gasteiger partial charge in [-0.1, -0.05) is 13.8 Å². The third-order valence-electron chi connectivity index (χ3n) is 3.90. The highest BCUT2D eigenvalue weighted by atomic mass is 16.5. The Labute approximate surface area is 99.5 Å². The summed E-state index contributed by atoms with van der Waals surface area (Å²) >= 11 is 0. The van der Waals surface area contributed by atoms with E-state index in [9.17, 15) is 0 Å². The van der Waals surface area contributed by atoms with E-state index in [-0.39, 0.29) is 0 Å². The highest BCUT2D eigenvalue weighted by Gasteiger charge is 2.25. The molecule has 3 heteroatoms. The molecule has 1 N–H and O–H groups in total. The number of rotatable bonds is 3. The Bertz CT molecular complexity index is 202. The van der Waals surface area contributed by atoms with Crippen molar-refractivity contribution >= 4 is 0 Å². The lowest BCUT2D eigenvalue weighted by atomic mass is 9.96. The lowest BCUT2D eigenvalue weighted by Gasteiger charge is -2.37. The molecule has 2 saturated heterocycles. The monoisotopic (exact) mass is 226 g/mol. The van der Waals surface area contributed by atoms with Gasteiger partial charge in [0.15, 0.2) is 0 Å². The van der Waals surface area contributed by atoms with Crippen LogP contribution in [0.2, 0.25) is 0 Å². The van der Waals surface area contributed by atoms with Gasteiger partial charge in [0, 0.05) is 19.6 Å². The number of nitrogens with one attached hydrogen (secondary N) is 1. The molecule has 0 aromatic rings. The number of hydrogen-bond donors (Lipinski definition) is 1. The quantitative estimate of drug-likeness (QED) is 0.786. The molecule has 2 rings (SSSR count). The zero-order valence-corrected chi connectivity index (χ0v) is 10.7. The normalized spacial score (nSPS) is 29.8. The van der Waals surface area contributed by atoms with Gasteiger partial charge < -0.3 is 10.1 Å². The fourth-order valence-corrected chi connectivity index (χ4v) is 2.73. The van der Waals surface area contributed by atoms with E-state index < -0.39 is 0 Å². The largest absolute Gasteiger partial charge is 0.375 e. The van der Waals surface area contributed by atoms with Crippen LogP contribution in [0.25, 0.3) is 0 Å². The van der Waals surface area contributed by atoms with Crippen LogP contribution in [0.4, 0.5) is 0 Å². The minimum Gasteiger partial charge on any atom is -0.375 e. The second-order valence-corrected chi connectivity index (χ2v) is 5.61. The SMILES string of the molecule is CC(C)C1CN(CC2CCNCC2)CCO1. The molecule has 2 heterocycles. The summed E-state index contributed by atoms with van der Waals surface area (Å²) in [5.41, 5.74) is 0. The lowest BCUT2D eigenvalue weighted by molar-refractivity contribution is -0.0550. The van der Waals surface area contributed by atoms with Crippen molar-refractivity contribution in [1.82, 2.24) is 10.2 Å². The standard InChI is InChI=1S/C13H26N2O/c1-11(2)13-10-15(7-8-16-13)9-12-3-5-14-6-4-12/h11-14H,3-10H2,1-2H3. The summed E-state index contributed by atoms with van der Waals surface area (Å²) in [4.78, 5) is 2.62. The first-order valence-corrected chi connectivity index (χ1v) is 6.80. The van der Waals surface area contributed by atoms with Crippen molar-refractivity contribution in [3.05, 3.63) is 0 Å². The van der Waals surface area contributed by atoms with E-state index in [0.29, 0.717) is 12.0 Å². The summed E-state index contributed by atoms with van der Waals surface area (Å²) in [6, 6.07) is 0. The number of nitrogens with zero attached hydrogens (tertiary/aromatic N) is 1. The highest BCUT2D eigenvalue weighted by Crippen LogP contribution is 2.18. The summed E-state index contributed by atoms with van der Waals surface area (Å²) in [6.45, 7) is 11.4. The van der Waals surface area contributed by atoms with Crippen LogP contribution in [-0.4, -0.2) is 50.3 Å². The Kier molecular flexibility index (Phi) is 4.62. The van der Waals surface area contributed by atoms with E-state index in [4.69, 9.17) is 4.74 Å². The molecule has 2 aliphatic rings. The second kappa shape index (κ2) is 5.99. The van der Waals surface area contributed by atoms with Crippen LogP contribution in [0.1, 0.15) is 26.7 Å². The van der Waals surface area contributed by atoms with Gasteiger partial charge in [-0.05, 0) is 37.8 Å². The predicted molar refractivity (Wildman–Crippen MR) is 66.6 cm³/mol. The average Bonchev–Trinajstić information content (AvgIpc) is 2.30. The maximum absolute atomic E-state index is 5.80. The lowest BCUT2D eigenvalue weighted by Crippen LogP contribution is -2.47. The van der Waals surface area contributed by atoms with Crippen LogP contribution in [0.5, 0.6) is 0 Å². The van der Waals surface area contributed by atoms with Gasteiger partial charge in [0.05, 0.1) is 12.7 Å². The molecule has 0 radical (unpaired) electrons. The van der Waals surface area contributed by atoms with Crippen molar-refractivity contribution in [2.45, 2.75) is 32.8 Å². The molecule has 2 fully saturated rings. The van der Waals surface area contributed by atoms with Gasteiger partial charge in [-0.15, -0.1) is 0 Å². The third kappa shape index (κ3) is 3.44. The molecule has 3 nitrogen and oxygen atoms in total. The number of piperidine rings is 1. The zero-order valence-electron chi connectivity index (χ0n) is 10.7. The second-order valence-electron chi connectivity index (χ2n) is 5.61. The minimum atomic E-state index is 0.454. The molecule has 94 valence electrons. The van der Waals surface area contributed by atoms with Gasteiger partial charge in [-0.2, -0.15) is 0 Å². The fourth-order valence-electron chi connectivity index (χ4n) is 2.73. The number of hydrogen-bond acceptors (Lipinski definition) is 3. The number of ether oxygens (including phenoxy) is 1. The topological polar surface area (TPSA) is 24.5 Å². The van der Waals surface area contributed by atoms with E-state index in [1.165, 1.54) is 32.5 Å². The fraction of sp³-hybridized carbons (Fsp3) is 1.00. The molecule has 0 aromatic carbocycles. The van der Waals surface area contributed by atoms with E-state index in [2.05, 4.69) is 24.1 Å². The van der Waals surface area contributed by atoms with Gasteiger partial charge in [-0.25, -0.2) is 0 Å². The summed E-state index contributed by atoms with van der Waals surface area (Å²) in [5.74, 6) is 1.56. The van der Waals surface area contributed by atoms with E-state index in [0.717, 1.165) is 25.6 Å². The van der Waals surface area contributed by atoms with E-state index in [1.54, 1.807) is 0 Å². The molecule has 0 spiro atoms. The van der Waals surface area contributed by atoms with Gasteiger partial charge in [0.1, 0.15) is 0 Å². The maximum atomic E-state index is 5.80. The molecule has 0 saturated carbocycles. The molecule has 0 aromatic heterocycles. The van der Waals surface area contributed by atoms with Crippen molar-refractivity contribution in [2.75, 3.05) is 39.3 Å². The van der Waals surface area contributed by atoms with Crippen LogP contribution in [0.3, 0.4) is 0 Å². The molecule has 1 atom stereocenters. The van der Waals surface area contributed by atoms with Crippen molar-refractivity contribution in [3.8, 4) is 0 Å². The number of morpholine rings is 1. The predicted octanol–water partition coefficient (Wildman–Crippen LogP) is 1.34. The first kappa shape index (κ1) is 12.3. The van der Waals surface area contributed by atoms with Crippen LogP contribution in [0, 0.1) is 11.8 Å². The summed E-state index contributed by atoms with van der Waals surface area (Å²) in [5, 5.41) is 3.44. The molecule has 0 aliphatic carbocycles. The first-order chi connectivity index (χ1) is 7.75. The van der Waals surface area contributed by atoms with Crippen LogP contribution >= 0.6 is 0 Å². The Hall–Kier alpha value is -0.120. The summed E-state index contributed by atoms with van der Waals surface area (Å²) in [7, 11) is 0. The van der Waals surface area contributed by atoms with Crippen LogP contribution in [-0.2, 0) is 4.74 Å². The molecular formula is C13H26N2O. The Balaban J connectivity index is 1.75. The highest BCUT2D eigenvalue weighted by molar-refractivity contribution is 4.78. The molecule has 2 aliphatic heterocycles. The minimum absolute atomic E-state index is 0.454. The molecule has 0 bridgehead atoms. The molecule has 1 unspecified atom stereocenters. The summed E-state index contributed by atoms with van der Waals surface area (Å²) < 4.78 is 5.80. The Morgan fingerprint density at radius 3 is 2.75 bits per heavy atom. The molecule has 0 amide bonds. The molecular weight excluding hydrogens is 200 g/mol.